The number of carbonyl (C=O) groups excluding carboxylic acids is 1. The van der Waals surface area contributed by atoms with Crippen molar-refractivity contribution in [1.29, 1.82) is 0 Å². The van der Waals surface area contributed by atoms with E-state index in [1.165, 1.54) is 6.20 Å². The predicted octanol–water partition coefficient (Wildman–Crippen LogP) is 2.80. The highest BCUT2D eigenvalue weighted by atomic mass is 16.5. The zero-order chi connectivity index (χ0) is 16.7. The van der Waals surface area contributed by atoms with Gasteiger partial charge in [0, 0.05) is 12.3 Å². The van der Waals surface area contributed by atoms with Gasteiger partial charge < -0.3 is 19.2 Å². The fourth-order valence-electron chi connectivity index (χ4n) is 1.78. The molecule has 0 saturated carbocycles. The highest BCUT2D eigenvalue weighted by Gasteiger charge is 2.10. The second-order valence-electron chi connectivity index (χ2n) is 5.96. The molecule has 6 heteroatoms. The molecule has 0 bridgehead atoms. The van der Waals surface area contributed by atoms with Gasteiger partial charge in [0.1, 0.15) is 12.4 Å². The van der Waals surface area contributed by atoms with E-state index in [1.807, 2.05) is 20.8 Å². The highest BCUT2D eigenvalue weighted by Crippen LogP contribution is 2.10. The summed E-state index contributed by atoms with van der Waals surface area (Å²) in [7, 11) is 0. The standard InChI is InChI=1S/C17H22N2O4/c1-17(2,3)23-10-9-22-15-7-6-13(11-18-15)16(20)19-12-14-5-4-8-21-14/h4-8,11H,9-10,12H2,1-3H3,(H,19,20). The van der Waals surface area contributed by atoms with Gasteiger partial charge in [-0.05, 0) is 39.0 Å². The molecule has 2 rings (SSSR count). The number of carbonyl (C=O) groups is 1. The molecular formula is C17H22N2O4. The molecule has 2 heterocycles. The molecule has 6 nitrogen and oxygen atoms in total. The number of ether oxygens (including phenoxy) is 2. The maximum Gasteiger partial charge on any atom is 0.253 e. The molecule has 0 unspecified atom stereocenters. The number of rotatable bonds is 7. The number of aromatic nitrogens is 1. The average Bonchev–Trinajstić information content (AvgIpc) is 3.02. The Bertz CT molecular complexity index is 601. The SMILES string of the molecule is CC(C)(C)OCCOc1ccc(C(=O)NCc2ccco2)cn1. The van der Waals surface area contributed by atoms with Crippen LogP contribution in [0.5, 0.6) is 5.88 Å². The van der Waals surface area contributed by atoms with E-state index in [4.69, 9.17) is 13.9 Å². The van der Waals surface area contributed by atoms with E-state index < -0.39 is 0 Å². The van der Waals surface area contributed by atoms with Crippen LogP contribution in [0, 0.1) is 0 Å². The molecule has 1 N–H and O–H groups in total. The lowest BCUT2D eigenvalue weighted by molar-refractivity contribution is -0.0168. The van der Waals surface area contributed by atoms with Gasteiger partial charge >= 0.3 is 0 Å². The minimum atomic E-state index is -0.212. The number of furan rings is 1. The lowest BCUT2D eigenvalue weighted by Crippen LogP contribution is -2.23. The summed E-state index contributed by atoms with van der Waals surface area (Å²) in [6.45, 7) is 7.20. The van der Waals surface area contributed by atoms with Crippen molar-refractivity contribution in [2.75, 3.05) is 13.2 Å². The van der Waals surface area contributed by atoms with E-state index >= 15 is 0 Å². The Morgan fingerprint density at radius 1 is 1.26 bits per heavy atom. The number of nitrogens with zero attached hydrogens (tertiary/aromatic N) is 1. The summed E-state index contributed by atoms with van der Waals surface area (Å²) in [5.74, 6) is 0.951. The fourth-order valence-corrected chi connectivity index (χ4v) is 1.78. The minimum absolute atomic E-state index is 0.188. The summed E-state index contributed by atoms with van der Waals surface area (Å²) in [4.78, 5) is 16.1. The summed E-state index contributed by atoms with van der Waals surface area (Å²) >= 11 is 0. The number of hydrogen-bond acceptors (Lipinski definition) is 5. The molecule has 2 aromatic heterocycles. The smallest absolute Gasteiger partial charge is 0.253 e. The molecule has 0 aliphatic heterocycles. The molecule has 23 heavy (non-hydrogen) atoms. The first-order valence-corrected chi connectivity index (χ1v) is 7.47. The van der Waals surface area contributed by atoms with Gasteiger partial charge in [0.25, 0.3) is 5.91 Å². The monoisotopic (exact) mass is 318 g/mol. The van der Waals surface area contributed by atoms with Gasteiger partial charge in [-0.1, -0.05) is 0 Å². The molecule has 0 saturated heterocycles. The van der Waals surface area contributed by atoms with Crippen LogP contribution in [0.2, 0.25) is 0 Å². The van der Waals surface area contributed by atoms with Gasteiger partial charge in [-0.15, -0.1) is 0 Å². The Balaban J connectivity index is 1.76. The van der Waals surface area contributed by atoms with E-state index in [9.17, 15) is 4.79 Å². The van der Waals surface area contributed by atoms with Crippen molar-refractivity contribution in [2.45, 2.75) is 32.9 Å². The summed E-state index contributed by atoms with van der Waals surface area (Å²) in [6.07, 6.45) is 3.05. The number of amides is 1. The van der Waals surface area contributed by atoms with Crippen LogP contribution >= 0.6 is 0 Å². The van der Waals surface area contributed by atoms with Crippen molar-refractivity contribution in [3.63, 3.8) is 0 Å². The molecule has 0 aliphatic carbocycles. The van der Waals surface area contributed by atoms with Crippen molar-refractivity contribution in [3.05, 3.63) is 48.0 Å². The van der Waals surface area contributed by atoms with Crippen LogP contribution in [0.4, 0.5) is 0 Å². The first-order valence-electron chi connectivity index (χ1n) is 7.47. The number of hydrogen-bond donors (Lipinski definition) is 1. The van der Waals surface area contributed by atoms with Crippen LogP contribution in [0.3, 0.4) is 0 Å². The van der Waals surface area contributed by atoms with Gasteiger partial charge in [0.15, 0.2) is 0 Å². The van der Waals surface area contributed by atoms with Gasteiger partial charge in [0.05, 0.1) is 30.6 Å². The molecule has 0 atom stereocenters. The van der Waals surface area contributed by atoms with Crippen LogP contribution in [-0.4, -0.2) is 29.7 Å². The van der Waals surface area contributed by atoms with E-state index in [0.717, 1.165) is 0 Å². The van der Waals surface area contributed by atoms with Crippen molar-refractivity contribution in [2.24, 2.45) is 0 Å². The zero-order valence-corrected chi connectivity index (χ0v) is 13.7. The lowest BCUT2D eigenvalue weighted by Gasteiger charge is -2.19. The molecule has 1 amide bonds. The summed E-state index contributed by atoms with van der Waals surface area (Å²) in [6, 6.07) is 6.91. The molecule has 2 aromatic rings. The number of pyridine rings is 1. The van der Waals surface area contributed by atoms with Gasteiger partial charge in [-0.25, -0.2) is 4.98 Å². The predicted molar refractivity (Wildman–Crippen MR) is 85.3 cm³/mol. The third-order valence-corrected chi connectivity index (χ3v) is 2.87. The maximum atomic E-state index is 12.0. The van der Waals surface area contributed by atoms with Gasteiger partial charge in [-0.3, -0.25) is 4.79 Å². The second-order valence-corrected chi connectivity index (χ2v) is 5.96. The second kappa shape index (κ2) is 7.78. The Hall–Kier alpha value is -2.34. The third kappa shape index (κ3) is 6.12. The lowest BCUT2D eigenvalue weighted by atomic mass is 10.2. The molecule has 0 radical (unpaired) electrons. The number of nitrogens with one attached hydrogen (secondary N) is 1. The van der Waals surface area contributed by atoms with Crippen LogP contribution < -0.4 is 10.1 Å². The minimum Gasteiger partial charge on any atom is -0.475 e. The largest absolute Gasteiger partial charge is 0.475 e. The third-order valence-electron chi connectivity index (χ3n) is 2.87. The van der Waals surface area contributed by atoms with Gasteiger partial charge in [0.2, 0.25) is 5.88 Å². The first-order chi connectivity index (χ1) is 10.9. The Morgan fingerprint density at radius 2 is 2.09 bits per heavy atom. The molecule has 0 aliphatic rings. The van der Waals surface area contributed by atoms with Crippen molar-refractivity contribution >= 4 is 5.91 Å². The van der Waals surface area contributed by atoms with Crippen LogP contribution in [0.1, 0.15) is 36.9 Å². The topological polar surface area (TPSA) is 73.6 Å². The van der Waals surface area contributed by atoms with Gasteiger partial charge in [-0.2, -0.15) is 0 Å². The Labute approximate surface area is 135 Å². The Kier molecular flexibility index (Phi) is 5.76. The molecule has 0 fully saturated rings. The van der Waals surface area contributed by atoms with Crippen molar-refractivity contribution < 1.29 is 18.7 Å². The molecule has 0 spiro atoms. The summed E-state index contributed by atoms with van der Waals surface area (Å²) < 4.78 is 16.2. The van der Waals surface area contributed by atoms with Crippen molar-refractivity contribution in [3.8, 4) is 5.88 Å². The van der Waals surface area contributed by atoms with E-state index in [-0.39, 0.29) is 11.5 Å². The summed E-state index contributed by atoms with van der Waals surface area (Å²) in [5.41, 5.74) is 0.280. The van der Waals surface area contributed by atoms with E-state index in [2.05, 4.69) is 10.3 Å². The fraction of sp³-hybridized carbons (Fsp3) is 0.412. The molecule has 0 aromatic carbocycles. The quantitative estimate of drug-likeness (QED) is 0.795. The normalized spacial score (nSPS) is 11.3. The summed E-state index contributed by atoms with van der Waals surface area (Å²) in [5, 5.41) is 2.76. The maximum absolute atomic E-state index is 12.0. The molecule has 124 valence electrons. The van der Waals surface area contributed by atoms with E-state index in [1.54, 1.807) is 30.5 Å². The Morgan fingerprint density at radius 3 is 2.70 bits per heavy atom. The van der Waals surface area contributed by atoms with Crippen molar-refractivity contribution in [1.82, 2.24) is 10.3 Å². The first kappa shape index (κ1) is 17.0. The molecular weight excluding hydrogens is 296 g/mol. The van der Waals surface area contributed by atoms with E-state index in [0.29, 0.717) is 37.0 Å². The highest BCUT2D eigenvalue weighted by molar-refractivity contribution is 5.93. The average molecular weight is 318 g/mol. The van der Waals surface area contributed by atoms with Crippen LogP contribution in [0.15, 0.2) is 41.1 Å². The zero-order valence-electron chi connectivity index (χ0n) is 13.7. The van der Waals surface area contributed by atoms with Crippen LogP contribution in [-0.2, 0) is 11.3 Å². The van der Waals surface area contributed by atoms with Crippen LogP contribution in [0.25, 0.3) is 0 Å².